The molecule has 2 aromatic carbocycles. The highest BCUT2D eigenvalue weighted by Gasteiger charge is 2.34. The molecule has 1 saturated heterocycles. The van der Waals surface area contributed by atoms with Gasteiger partial charge in [-0.1, -0.05) is 30.0 Å². The zero-order valence-electron chi connectivity index (χ0n) is 19.7. The number of fused-ring (bicyclic) bond motifs is 1. The molecular weight excluding hydrogens is 463 g/mol. The molecule has 36 heavy (non-hydrogen) atoms. The number of halogens is 1. The van der Waals surface area contributed by atoms with Gasteiger partial charge in [0.15, 0.2) is 5.60 Å². The lowest BCUT2D eigenvalue weighted by Gasteiger charge is -2.30. The molecular formula is C27H25FN4O4. The highest BCUT2D eigenvalue weighted by Crippen LogP contribution is 2.27. The Morgan fingerprint density at radius 3 is 2.75 bits per heavy atom. The van der Waals surface area contributed by atoms with Crippen molar-refractivity contribution < 1.29 is 23.8 Å². The predicted molar refractivity (Wildman–Crippen MR) is 130 cm³/mol. The van der Waals surface area contributed by atoms with E-state index in [2.05, 4.69) is 22.3 Å². The molecule has 1 aromatic heterocycles. The third-order valence-electron chi connectivity index (χ3n) is 6.36. The summed E-state index contributed by atoms with van der Waals surface area (Å²) in [5.41, 5.74) is 2.95. The number of anilines is 1. The van der Waals surface area contributed by atoms with Crippen LogP contribution in [0, 0.1) is 17.7 Å². The largest absolute Gasteiger partial charge is 0.373 e. The average molecular weight is 489 g/mol. The fraction of sp³-hybridized carbons (Fsp3) is 0.296. The Balaban J connectivity index is 1.26. The molecule has 2 N–H and O–H groups in total. The summed E-state index contributed by atoms with van der Waals surface area (Å²) in [6.07, 6.45) is 4.72. The van der Waals surface area contributed by atoms with Crippen molar-refractivity contribution in [2.75, 3.05) is 25.2 Å². The van der Waals surface area contributed by atoms with Crippen LogP contribution in [0.25, 0.3) is 0 Å². The van der Waals surface area contributed by atoms with E-state index in [1.165, 1.54) is 21.7 Å². The molecule has 3 heterocycles. The molecule has 1 fully saturated rings. The number of aliphatic hydroxyl groups is 1. The monoisotopic (exact) mass is 488 g/mol. The van der Waals surface area contributed by atoms with Gasteiger partial charge in [-0.05, 0) is 53.8 Å². The van der Waals surface area contributed by atoms with Crippen LogP contribution >= 0.6 is 0 Å². The number of amides is 2. The van der Waals surface area contributed by atoms with Crippen molar-refractivity contribution in [2.45, 2.75) is 30.9 Å². The molecule has 1 unspecified atom stereocenters. The average Bonchev–Trinajstić information content (AvgIpc) is 3.29. The number of aromatic nitrogens is 2. The van der Waals surface area contributed by atoms with Gasteiger partial charge in [-0.3, -0.25) is 4.79 Å². The Bertz CT molecular complexity index is 1370. The maximum Gasteiger partial charge on any atom is 0.342 e. The fourth-order valence-corrected chi connectivity index (χ4v) is 4.25. The molecule has 9 heteroatoms. The second-order valence-electron chi connectivity index (χ2n) is 9.15. The first kappa shape index (κ1) is 23.7. The van der Waals surface area contributed by atoms with Gasteiger partial charge in [0, 0.05) is 30.9 Å². The number of rotatable bonds is 3. The number of carbonyl (C=O) groups excluding carboxylic acids is 2. The zero-order chi connectivity index (χ0) is 25.3. The van der Waals surface area contributed by atoms with Gasteiger partial charge in [0.1, 0.15) is 11.9 Å². The lowest BCUT2D eigenvalue weighted by atomic mass is 10.0. The summed E-state index contributed by atoms with van der Waals surface area (Å²) < 4.78 is 19.3. The Labute approximate surface area is 207 Å². The third kappa shape index (κ3) is 5.00. The van der Waals surface area contributed by atoms with E-state index in [0.29, 0.717) is 24.8 Å². The molecule has 8 nitrogen and oxygen atoms in total. The summed E-state index contributed by atoms with van der Waals surface area (Å²) in [5.74, 6) is 5.24. The molecule has 0 saturated carbocycles. The molecule has 184 valence electrons. The SMILES string of the molecule is CN1C(=O)C(NC(=O)n2cc(Cc3ccc(F)cc3)cn2)CCc2ccc(C#CC3(O)COC3)cc21. The Kier molecular flexibility index (Phi) is 6.31. The summed E-state index contributed by atoms with van der Waals surface area (Å²) in [7, 11) is 1.67. The topological polar surface area (TPSA) is 96.7 Å². The van der Waals surface area contributed by atoms with Gasteiger partial charge in [-0.15, -0.1) is 0 Å². The van der Waals surface area contributed by atoms with E-state index in [0.717, 1.165) is 22.4 Å². The standard InChI is InChI=1S/C27H25FN4O4/c1-31-24-13-19(10-11-27(35)16-36-17-27)2-5-21(24)6-9-23(25(31)33)30-26(34)32-15-20(14-29-32)12-18-3-7-22(28)8-4-18/h2-5,7-8,13-15,23,35H,6,9,12,16-17H2,1H3,(H,30,34). The molecule has 2 aliphatic rings. The highest BCUT2D eigenvalue weighted by molar-refractivity contribution is 6.00. The number of nitrogens with zero attached hydrogens (tertiary/aromatic N) is 3. The number of nitrogens with one attached hydrogen (secondary N) is 1. The van der Waals surface area contributed by atoms with Crippen molar-refractivity contribution in [1.82, 2.24) is 15.1 Å². The minimum absolute atomic E-state index is 0.189. The van der Waals surface area contributed by atoms with E-state index in [-0.39, 0.29) is 24.9 Å². The van der Waals surface area contributed by atoms with Crippen molar-refractivity contribution in [3.05, 3.63) is 82.9 Å². The predicted octanol–water partition coefficient (Wildman–Crippen LogP) is 2.26. The van der Waals surface area contributed by atoms with Crippen molar-refractivity contribution >= 4 is 17.6 Å². The molecule has 0 spiro atoms. The van der Waals surface area contributed by atoms with E-state index < -0.39 is 17.7 Å². The van der Waals surface area contributed by atoms with Crippen molar-refractivity contribution in [2.24, 2.45) is 0 Å². The lowest BCUT2D eigenvalue weighted by molar-refractivity contribution is -0.140. The smallest absolute Gasteiger partial charge is 0.342 e. The first-order valence-electron chi connectivity index (χ1n) is 11.6. The summed E-state index contributed by atoms with van der Waals surface area (Å²) in [6, 6.07) is 10.5. The van der Waals surface area contributed by atoms with E-state index >= 15 is 0 Å². The van der Waals surface area contributed by atoms with Gasteiger partial charge in [-0.2, -0.15) is 9.78 Å². The van der Waals surface area contributed by atoms with E-state index in [4.69, 9.17) is 4.74 Å². The first-order chi connectivity index (χ1) is 17.3. The summed E-state index contributed by atoms with van der Waals surface area (Å²) in [6.45, 7) is 0.378. The van der Waals surface area contributed by atoms with Crippen LogP contribution in [-0.2, 0) is 22.4 Å². The minimum atomic E-state index is -1.12. The summed E-state index contributed by atoms with van der Waals surface area (Å²) >= 11 is 0. The number of hydrogen-bond acceptors (Lipinski definition) is 5. The number of ether oxygens (including phenoxy) is 1. The number of hydrogen-bond donors (Lipinski definition) is 2. The van der Waals surface area contributed by atoms with Crippen LogP contribution in [0.3, 0.4) is 0 Å². The molecule has 2 amide bonds. The Morgan fingerprint density at radius 2 is 2.03 bits per heavy atom. The first-order valence-corrected chi connectivity index (χ1v) is 11.6. The van der Waals surface area contributed by atoms with Gasteiger partial charge >= 0.3 is 6.03 Å². The third-order valence-corrected chi connectivity index (χ3v) is 6.36. The van der Waals surface area contributed by atoms with Gasteiger partial charge in [0.05, 0.1) is 19.4 Å². The van der Waals surface area contributed by atoms with Crippen LogP contribution in [0.5, 0.6) is 0 Å². The van der Waals surface area contributed by atoms with Crippen LogP contribution in [0.4, 0.5) is 14.9 Å². The molecule has 1 atom stereocenters. The quantitative estimate of drug-likeness (QED) is 0.552. The number of likely N-dealkylation sites (N-methyl/N-ethyl adjacent to an activating group) is 1. The molecule has 0 bridgehead atoms. The molecule has 0 radical (unpaired) electrons. The summed E-state index contributed by atoms with van der Waals surface area (Å²) in [5, 5.41) is 17.0. The maximum absolute atomic E-state index is 13.2. The maximum atomic E-state index is 13.2. The Morgan fingerprint density at radius 1 is 1.25 bits per heavy atom. The minimum Gasteiger partial charge on any atom is -0.373 e. The van der Waals surface area contributed by atoms with E-state index in [1.54, 1.807) is 31.6 Å². The van der Waals surface area contributed by atoms with Gasteiger partial charge in [0.2, 0.25) is 5.91 Å². The second kappa shape index (κ2) is 9.57. The second-order valence-corrected chi connectivity index (χ2v) is 9.15. The van der Waals surface area contributed by atoms with E-state index in [9.17, 15) is 19.1 Å². The van der Waals surface area contributed by atoms with Crippen molar-refractivity contribution in [3.8, 4) is 11.8 Å². The van der Waals surface area contributed by atoms with Crippen LogP contribution in [-0.4, -0.2) is 58.7 Å². The lowest BCUT2D eigenvalue weighted by Crippen LogP contribution is -2.48. The zero-order valence-corrected chi connectivity index (χ0v) is 19.7. The molecule has 0 aliphatic carbocycles. The van der Waals surface area contributed by atoms with Crippen LogP contribution in [0.2, 0.25) is 0 Å². The van der Waals surface area contributed by atoms with Crippen LogP contribution in [0.1, 0.15) is 28.7 Å². The van der Waals surface area contributed by atoms with Crippen molar-refractivity contribution in [3.63, 3.8) is 0 Å². The fourth-order valence-electron chi connectivity index (χ4n) is 4.25. The van der Waals surface area contributed by atoms with Gasteiger partial charge < -0.3 is 20.1 Å². The van der Waals surface area contributed by atoms with Crippen LogP contribution in [0.15, 0.2) is 54.9 Å². The highest BCUT2D eigenvalue weighted by atomic mass is 19.1. The number of carbonyl (C=O) groups is 2. The molecule has 3 aromatic rings. The number of benzene rings is 2. The van der Waals surface area contributed by atoms with Gasteiger partial charge in [-0.25, -0.2) is 9.18 Å². The van der Waals surface area contributed by atoms with Crippen LogP contribution < -0.4 is 10.2 Å². The van der Waals surface area contributed by atoms with Crippen molar-refractivity contribution in [1.29, 1.82) is 0 Å². The number of aryl methyl sites for hydroxylation is 1. The van der Waals surface area contributed by atoms with Gasteiger partial charge in [0.25, 0.3) is 0 Å². The van der Waals surface area contributed by atoms with E-state index in [1.807, 2.05) is 18.2 Å². The molecule has 2 aliphatic heterocycles. The normalized spacial score (nSPS) is 18.4. The summed E-state index contributed by atoms with van der Waals surface area (Å²) in [4.78, 5) is 27.6. The Hall–Kier alpha value is -4.00. The molecule has 5 rings (SSSR count).